The van der Waals surface area contributed by atoms with Crippen molar-refractivity contribution in [3.63, 3.8) is 0 Å². The van der Waals surface area contributed by atoms with Crippen molar-refractivity contribution < 1.29 is 14.7 Å². The highest BCUT2D eigenvalue weighted by molar-refractivity contribution is 5.81. The molecule has 1 atom stereocenters. The molecular weight excluding hydrogens is 256 g/mol. The number of carbonyl (C=O) groups excluding carboxylic acids is 1. The van der Waals surface area contributed by atoms with Crippen LogP contribution in [0.5, 0.6) is 0 Å². The number of carboxylic acid groups (broad SMARTS) is 1. The molecule has 2 rings (SSSR count). The molecule has 1 amide bonds. The van der Waals surface area contributed by atoms with Crippen LogP contribution in [0.25, 0.3) is 0 Å². The van der Waals surface area contributed by atoms with E-state index < -0.39 is 12.0 Å². The molecule has 0 spiro atoms. The number of rotatable bonds is 3. The lowest BCUT2D eigenvalue weighted by atomic mass is 10.1. The second-order valence-electron chi connectivity index (χ2n) is 5.34. The van der Waals surface area contributed by atoms with Gasteiger partial charge in [-0.1, -0.05) is 29.8 Å². The van der Waals surface area contributed by atoms with Gasteiger partial charge in [0.25, 0.3) is 0 Å². The van der Waals surface area contributed by atoms with E-state index in [0.29, 0.717) is 19.5 Å². The van der Waals surface area contributed by atoms with Crippen molar-refractivity contribution in [2.45, 2.75) is 19.4 Å². The maximum atomic E-state index is 12.3. The third-order valence-corrected chi connectivity index (χ3v) is 3.72. The van der Waals surface area contributed by atoms with Crippen LogP contribution in [-0.4, -0.2) is 59.5 Å². The third kappa shape index (κ3) is 3.36. The number of hydrogen-bond acceptors (Lipinski definition) is 3. The summed E-state index contributed by atoms with van der Waals surface area (Å²) in [5.41, 5.74) is 2.10. The standard InChI is InChI=1S/C15H20N2O3/c1-11-4-3-5-12(8-11)9-14(18)17-7-6-16(2)13(10-17)15(19)20/h3-5,8,13H,6-7,9-10H2,1-2H3,(H,19,20)/t13-/m0/s1. The van der Waals surface area contributed by atoms with Crippen LogP contribution in [0.2, 0.25) is 0 Å². The van der Waals surface area contributed by atoms with Crippen molar-refractivity contribution in [2.75, 3.05) is 26.7 Å². The van der Waals surface area contributed by atoms with Crippen molar-refractivity contribution >= 4 is 11.9 Å². The second-order valence-corrected chi connectivity index (χ2v) is 5.34. The van der Waals surface area contributed by atoms with Crippen LogP contribution in [0.3, 0.4) is 0 Å². The number of nitrogens with zero attached hydrogens (tertiary/aromatic N) is 2. The Hall–Kier alpha value is -1.88. The number of carbonyl (C=O) groups is 2. The van der Waals surface area contributed by atoms with E-state index in [1.54, 1.807) is 16.8 Å². The average molecular weight is 276 g/mol. The van der Waals surface area contributed by atoms with Gasteiger partial charge in [0, 0.05) is 19.6 Å². The highest BCUT2D eigenvalue weighted by Gasteiger charge is 2.31. The molecule has 1 aromatic carbocycles. The molecule has 20 heavy (non-hydrogen) atoms. The van der Waals surface area contributed by atoms with E-state index in [4.69, 9.17) is 5.11 Å². The van der Waals surface area contributed by atoms with Crippen LogP contribution < -0.4 is 0 Å². The van der Waals surface area contributed by atoms with Gasteiger partial charge in [0.1, 0.15) is 6.04 Å². The Morgan fingerprint density at radius 2 is 2.10 bits per heavy atom. The lowest BCUT2D eigenvalue weighted by Gasteiger charge is -2.37. The highest BCUT2D eigenvalue weighted by Crippen LogP contribution is 2.11. The van der Waals surface area contributed by atoms with E-state index >= 15 is 0 Å². The van der Waals surface area contributed by atoms with Gasteiger partial charge in [-0.3, -0.25) is 14.5 Å². The lowest BCUT2D eigenvalue weighted by Crippen LogP contribution is -2.56. The molecule has 5 heteroatoms. The molecule has 0 aromatic heterocycles. The molecule has 1 aliphatic rings. The summed E-state index contributed by atoms with van der Waals surface area (Å²) >= 11 is 0. The molecule has 5 nitrogen and oxygen atoms in total. The first-order valence-corrected chi connectivity index (χ1v) is 6.73. The zero-order valence-electron chi connectivity index (χ0n) is 11.9. The minimum Gasteiger partial charge on any atom is -0.480 e. The van der Waals surface area contributed by atoms with Gasteiger partial charge in [0.2, 0.25) is 5.91 Å². The minimum absolute atomic E-state index is 0.00468. The predicted molar refractivity (Wildman–Crippen MR) is 75.5 cm³/mol. The predicted octanol–water partition coefficient (Wildman–Crippen LogP) is 0.765. The molecule has 1 aromatic rings. The van der Waals surface area contributed by atoms with Crippen molar-refractivity contribution in [3.8, 4) is 0 Å². The Morgan fingerprint density at radius 1 is 1.35 bits per heavy atom. The largest absolute Gasteiger partial charge is 0.480 e. The molecule has 0 aliphatic carbocycles. The number of benzene rings is 1. The summed E-state index contributed by atoms with van der Waals surface area (Å²) in [4.78, 5) is 26.9. The number of piperazine rings is 1. The van der Waals surface area contributed by atoms with Crippen molar-refractivity contribution in [3.05, 3.63) is 35.4 Å². The van der Waals surface area contributed by atoms with Gasteiger partial charge in [0.05, 0.1) is 6.42 Å². The molecule has 0 bridgehead atoms. The van der Waals surface area contributed by atoms with Crippen molar-refractivity contribution in [2.24, 2.45) is 0 Å². The minimum atomic E-state index is -0.874. The van der Waals surface area contributed by atoms with E-state index in [-0.39, 0.29) is 12.5 Å². The number of likely N-dealkylation sites (N-methyl/N-ethyl adjacent to an activating group) is 1. The summed E-state index contributed by atoms with van der Waals surface area (Å²) in [6.45, 7) is 3.43. The summed E-state index contributed by atoms with van der Waals surface area (Å²) < 4.78 is 0. The van der Waals surface area contributed by atoms with E-state index in [2.05, 4.69) is 0 Å². The molecule has 0 saturated carbocycles. The van der Waals surface area contributed by atoms with E-state index in [1.807, 2.05) is 31.2 Å². The van der Waals surface area contributed by atoms with Crippen molar-refractivity contribution in [1.82, 2.24) is 9.80 Å². The number of aryl methyl sites for hydroxylation is 1. The number of amides is 1. The van der Waals surface area contributed by atoms with E-state index in [9.17, 15) is 9.59 Å². The van der Waals surface area contributed by atoms with E-state index in [1.165, 1.54) is 0 Å². The van der Waals surface area contributed by atoms with Crippen LogP contribution in [0.1, 0.15) is 11.1 Å². The molecular formula is C15H20N2O3. The van der Waals surface area contributed by atoms with Gasteiger partial charge in [-0.15, -0.1) is 0 Å². The normalized spacial score (nSPS) is 19.9. The quantitative estimate of drug-likeness (QED) is 0.885. The van der Waals surface area contributed by atoms with Gasteiger partial charge in [-0.2, -0.15) is 0 Å². The lowest BCUT2D eigenvalue weighted by molar-refractivity contribution is -0.147. The first-order chi connectivity index (χ1) is 9.47. The number of hydrogen-bond donors (Lipinski definition) is 1. The van der Waals surface area contributed by atoms with Crippen molar-refractivity contribution in [1.29, 1.82) is 0 Å². The van der Waals surface area contributed by atoms with Crippen LogP contribution >= 0.6 is 0 Å². The Morgan fingerprint density at radius 3 is 2.75 bits per heavy atom. The number of aliphatic carboxylic acids is 1. The van der Waals surface area contributed by atoms with Gasteiger partial charge in [-0.25, -0.2) is 0 Å². The monoisotopic (exact) mass is 276 g/mol. The molecule has 1 aliphatic heterocycles. The fraction of sp³-hybridized carbons (Fsp3) is 0.467. The Balaban J connectivity index is 2.01. The van der Waals surface area contributed by atoms with Crippen LogP contribution in [0.4, 0.5) is 0 Å². The van der Waals surface area contributed by atoms with Gasteiger partial charge in [0.15, 0.2) is 0 Å². The maximum Gasteiger partial charge on any atom is 0.322 e. The summed E-state index contributed by atoms with van der Waals surface area (Å²) in [7, 11) is 1.78. The molecule has 1 fully saturated rings. The average Bonchev–Trinajstić information content (AvgIpc) is 2.38. The highest BCUT2D eigenvalue weighted by atomic mass is 16.4. The molecule has 0 radical (unpaired) electrons. The first kappa shape index (κ1) is 14.5. The first-order valence-electron chi connectivity index (χ1n) is 6.73. The zero-order chi connectivity index (χ0) is 14.7. The molecule has 1 N–H and O–H groups in total. The summed E-state index contributed by atoms with van der Waals surface area (Å²) in [6, 6.07) is 7.23. The number of carboxylic acids is 1. The fourth-order valence-electron chi connectivity index (χ4n) is 2.48. The molecule has 1 saturated heterocycles. The second kappa shape index (κ2) is 6.05. The van der Waals surface area contributed by atoms with Crippen LogP contribution in [-0.2, 0) is 16.0 Å². The Labute approximate surface area is 118 Å². The van der Waals surface area contributed by atoms with Gasteiger partial charge >= 0.3 is 5.97 Å². The summed E-state index contributed by atoms with van der Waals surface area (Å²) in [6.07, 6.45) is 0.331. The smallest absolute Gasteiger partial charge is 0.322 e. The van der Waals surface area contributed by atoms with Crippen LogP contribution in [0, 0.1) is 6.92 Å². The maximum absolute atomic E-state index is 12.3. The molecule has 0 unspecified atom stereocenters. The van der Waals surface area contributed by atoms with Crippen LogP contribution in [0.15, 0.2) is 24.3 Å². The van der Waals surface area contributed by atoms with E-state index in [0.717, 1.165) is 11.1 Å². The molecule has 108 valence electrons. The topological polar surface area (TPSA) is 60.9 Å². The van der Waals surface area contributed by atoms with Gasteiger partial charge in [-0.05, 0) is 19.5 Å². The van der Waals surface area contributed by atoms with Gasteiger partial charge < -0.3 is 10.0 Å². The molecule has 1 heterocycles. The zero-order valence-corrected chi connectivity index (χ0v) is 11.9. The Bertz CT molecular complexity index is 516. The Kier molecular flexibility index (Phi) is 4.39. The fourth-order valence-corrected chi connectivity index (χ4v) is 2.48. The SMILES string of the molecule is Cc1cccc(CC(=O)N2CCN(C)[C@H](C(=O)O)C2)c1. The summed E-state index contributed by atoms with van der Waals surface area (Å²) in [5, 5.41) is 9.15. The third-order valence-electron chi connectivity index (χ3n) is 3.72. The summed E-state index contributed by atoms with van der Waals surface area (Å²) in [5.74, 6) is -0.879.